The van der Waals surface area contributed by atoms with Gasteiger partial charge in [0.1, 0.15) is 23.0 Å². The number of benzene rings is 3. The van der Waals surface area contributed by atoms with Crippen molar-refractivity contribution in [2.24, 2.45) is 0 Å². The van der Waals surface area contributed by atoms with Crippen molar-refractivity contribution in [3.63, 3.8) is 0 Å². The molecule has 0 atom stereocenters. The molecule has 4 rings (SSSR count). The Bertz CT molecular complexity index is 1400. The summed E-state index contributed by atoms with van der Waals surface area (Å²) in [5.74, 6) is 0.395. The number of amides is 2. The first-order valence-corrected chi connectivity index (χ1v) is 13.0. The van der Waals surface area contributed by atoms with Crippen LogP contribution in [0.2, 0.25) is 0 Å². The maximum Gasteiger partial charge on any atom is 0.339 e. The molecule has 0 saturated carbocycles. The van der Waals surface area contributed by atoms with Gasteiger partial charge in [-0.05, 0) is 78.7 Å². The lowest BCUT2D eigenvalue weighted by atomic mass is 10.1. The van der Waals surface area contributed by atoms with Crippen molar-refractivity contribution < 1.29 is 26.9 Å². The zero-order valence-corrected chi connectivity index (χ0v) is 20.8. The Balaban J connectivity index is 1.43. The third kappa shape index (κ3) is 5.93. The number of carbonyl (C=O) groups is 2. The number of carbonyl (C=O) groups excluding carboxylic acids is 2. The molecule has 0 unspecified atom stereocenters. The first-order chi connectivity index (χ1) is 16.7. The SMILES string of the molecule is Cc1ccc(C)c(OCCN2C(=O)S/C(=C\c3cccc(OS(=O)(=O)c4ccccc4)c3)C2=O)c1. The Morgan fingerprint density at radius 2 is 1.71 bits per heavy atom. The Morgan fingerprint density at radius 3 is 2.49 bits per heavy atom. The summed E-state index contributed by atoms with van der Waals surface area (Å²) in [6.07, 6.45) is 1.54. The van der Waals surface area contributed by atoms with Crippen molar-refractivity contribution >= 4 is 39.1 Å². The van der Waals surface area contributed by atoms with Gasteiger partial charge in [-0.1, -0.05) is 42.5 Å². The van der Waals surface area contributed by atoms with Gasteiger partial charge < -0.3 is 8.92 Å². The third-order valence-corrected chi connectivity index (χ3v) is 7.35. The highest BCUT2D eigenvalue weighted by atomic mass is 32.2. The molecule has 1 saturated heterocycles. The fraction of sp³-hybridized carbons (Fsp3) is 0.154. The van der Waals surface area contributed by atoms with E-state index in [-0.39, 0.29) is 33.9 Å². The maximum atomic E-state index is 12.8. The lowest BCUT2D eigenvalue weighted by molar-refractivity contribution is -0.123. The minimum atomic E-state index is -3.99. The second kappa shape index (κ2) is 10.4. The number of imide groups is 1. The number of hydrogen-bond donors (Lipinski definition) is 0. The highest BCUT2D eigenvalue weighted by molar-refractivity contribution is 8.18. The van der Waals surface area contributed by atoms with Crippen LogP contribution in [0, 0.1) is 13.8 Å². The lowest BCUT2D eigenvalue weighted by Gasteiger charge is -2.14. The highest BCUT2D eigenvalue weighted by Crippen LogP contribution is 2.33. The van der Waals surface area contributed by atoms with E-state index in [0.29, 0.717) is 5.56 Å². The van der Waals surface area contributed by atoms with E-state index >= 15 is 0 Å². The second-order valence-electron chi connectivity index (χ2n) is 7.87. The van der Waals surface area contributed by atoms with Crippen molar-refractivity contribution in [1.29, 1.82) is 0 Å². The van der Waals surface area contributed by atoms with E-state index in [9.17, 15) is 18.0 Å². The van der Waals surface area contributed by atoms with Crippen LogP contribution in [0.3, 0.4) is 0 Å². The van der Waals surface area contributed by atoms with Gasteiger partial charge in [0.15, 0.2) is 0 Å². The van der Waals surface area contributed by atoms with Crippen LogP contribution in [0.5, 0.6) is 11.5 Å². The van der Waals surface area contributed by atoms with Gasteiger partial charge in [0, 0.05) is 0 Å². The van der Waals surface area contributed by atoms with Gasteiger partial charge in [0.05, 0.1) is 11.4 Å². The summed E-state index contributed by atoms with van der Waals surface area (Å²) in [7, 11) is -3.99. The average Bonchev–Trinajstić information content (AvgIpc) is 3.09. The van der Waals surface area contributed by atoms with Gasteiger partial charge in [0.25, 0.3) is 11.1 Å². The van der Waals surface area contributed by atoms with Crippen LogP contribution in [0.1, 0.15) is 16.7 Å². The van der Waals surface area contributed by atoms with Gasteiger partial charge >= 0.3 is 10.1 Å². The number of ether oxygens (including phenoxy) is 1. The first kappa shape index (κ1) is 24.6. The molecule has 1 aliphatic heterocycles. The molecule has 3 aromatic carbocycles. The molecule has 2 amide bonds. The Kier molecular flexibility index (Phi) is 7.28. The molecule has 0 spiro atoms. The van der Waals surface area contributed by atoms with Crippen molar-refractivity contribution in [2.45, 2.75) is 18.7 Å². The topological polar surface area (TPSA) is 90.0 Å². The average molecular weight is 510 g/mol. The Hall–Kier alpha value is -3.56. The Morgan fingerprint density at radius 1 is 0.943 bits per heavy atom. The smallest absolute Gasteiger partial charge is 0.339 e. The van der Waals surface area contributed by atoms with Crippen LogP contribution >= 0.6 is 11.8 Å². The van der Waals surface area contributed by atoms with Crippen LogP contribution in [0.15, 0.2) is 82.6 Å². The van der Waals surface area contributed by atoms with Crippen LogP contribution in [0.25, 0.3) is 6.08 Å². The van der Waals surface area contributed by atoms with Crippen LogP contribution in [0.4, 0.5) is 4.79 Å². The third-order valence-electron chi connectivity index (χ3n) is 5.18. The molecule has 180 valence electrons. The molecule has 1 heterocycles. The van der Waals surface area contributed by atoms with E-state index in [2.05, 4.69) is 0 Å². The van der Waals surface area contributed by atoms with E-state index in [4.69, 9.17) is 8.92 Å². The van der Waals surface area contributed by atoms with Crippen molar-refractivity contribution in [1.82, 2.24) is 4.90 Å². The summed E-state index contributed by atoms with van der Waals surface area (Å²) >= 11 is 0.828. The largest absolute Gasteiger partial charge is 0.491 e. The normalized spacial score (nSPS) is 15.0. The molecular weight excluding hydrogens is 486 g/mol. The summed E-state index contributed by atoms with van der Waals surface area (Å²) in [6.45, 7) is 4.19. The highest BCUT2D eigenvalue weighted by Gasteiger charge is 2.34. The van der Waals surface area contributed by atoms with Gasteiger partial charge in [-0.2, -0.15) is 8.42 Å². The van der Waals surface area contributed by atoms with Gasteiger partial charge in [-0.25, -0.2) is 0 Å². The number of thioether (sulfide) groups is 1. The Labute approximate surface area is 208 Å². The first-order valence-electron chi connectivity index (χ1n) is 10.8. The van der Waals surface area contributed by atoms with Gasteiger partial charge in [0.2, 0.25) is 0 Å². The molecule has 7 nitrogen and oxygen atoms in total. The minimum Gasteiger partial charge on any atom is -0.491 e. The van der Waals surface area contributed by atoms with E-state index < -0.39 is 16.0 Å². The summed E-state index contributed by atoms with van der Waals surface area (Å²) in [6, 6.07) is 20.0. The fourth-order valence-electron chi connectivity index (χ4n) is 3.37. The lowest BCUT2D eigenvalue weighted by Crippen LogP contribution is -2.32. The molecule has 35 heavy (non-hydrogen) atoms. The predicted octanol–water partition coefficient (Wildman–Crippen LogP) is 5.19. The molecule has 1 aliphatic rings. The standard InChI is InChI=1S/C26H23NO6S2/c1-18-11-12-19(2)23(15-18)32-14-13-27-25(28)24(34-26(27)29)17-20-7-6-8-21(16-20)33-35(30,31)22-9-4-3-5-10-22/h3-12,15-17H,13-14H2,1-2H3/b24-17-. The van der Waals surface area contributed by atoms with Crippen LogP contribution in [-0.2, 0) is 14.9 Å². The second-order valence-corrected chi connectivity index (χ2v) is 10.4. The molecule has 0 radical (unpaired) electrons. The molecule has 9 heteroatoms. The molecule has 1 fully saturated rings. The summed E-state index contributed by atoms with van der Waals surface area (Å²) in [5.41, 5.74) is 2.56. The zero-order chi connectivity index (χ0) is 25.0. The van der Waals surface area contributed by atoms with Crippen LogP contribution < -0.4 is 8.92 Å². The summed E-state index contributed by atoms with van der Waals surface area (Å²) < 4.78 is 36.0. The van der Waals surface area contributed by atoms with Crippen molar-refractivity contribution in [2.75, 3.05) is 13.2 Å². The molecule has 0 N–H and O–H groups in total. The van der Waals surface area contributed by atoms with E-state index in [1.165, 1.54) is 24.3 Å². The summed E-state index contributed by atoms with van der Waals surface area (Å²) in [4.78, 5) is 26.7. The summed E-state index contributed by atoms with van der Waals surface area (Å²) in [5, 5.41) is -0.384. The molecule has 0 aliphatic carbocycles. The van der Waals surface area contributed by atoms with Gasteiger partial charge in [-0.15, -0.1) is 0 Å². The molecule has 0 aromatic heterocycles. The molecule has 3 aromatic rings. The number of rotatable bonds is 8. The number of nitrogens with zero attached hydrogens (tertiary/aromatic N) is 1. The number of hydrogen-bond acceptors (Lipinski definition) is 7. The van der Waals surface area contributed by atoms with E-state index in [1.807, 2.05) is 32.0 Å². The monoisotopic (exact) mass is 509 g/mol. The van der Waals surface area contributed by atoms with Crippen LogP contribution in [-0.4, -0.2) is 37.6 Å². The van der Waals surface area contributed by atoms with E-state index in [0.717, 1.165) is 33.5 Å². The minimum absolute atomic E-state index is 0.0367. The van der Waals surface area contributed by atoms with Gasteiger partial charge in [-0.3, -0.25) is 14.5 Å². The fourth-order valence-corrected chi connectivity index (χ4v) is 5.18. The number of aryl methyl sites for hydroxylation is 2. The maximum absolute atomic E-state index is 12.8. The van der Waals surface area contributed by atoms with E-state index in [1.54, 1.807) is 36.4 Å². The quantitative estimate of drug-likeness (QED) is 0.305. The zero-order valence-electron chi connectivity index (χ0n) is 19.1. The molecule has 0 bridgehead atoms. The molecular formula is C26H23NO6S2. The predicted molar refractivity (Wildman–Crippen MR) is 135 cm³/mol. The van der Waals surface area contributed by atoms with Crippen molar-refractivity contribution in [3.05, 3.63) is 94.4 Å². The van der Waals surface area contributed by atoms with Crippen molar-refractivity contribution in [3.8, 4) is 11.5 Å².